The van der Waals surface area contributed by atoms with E-state index in [-0.39, 0.29) is 6.10 Å². The lowest BCUT2D eigenvalue weighted by Gasteiger charge is -2.20. The van der Waals surface area contributed by atoms with Crippen LogP contribution < -0.4 is 10.6 Å². The first-order valence-electron chi connectivity index (χ1n) is 5.22. The molecule has 2 N–H and O–H groups in total. The van der Waals surface area contributed by atoms with Crippen molar-refractivity contribution >= 4 is 5.69 Å². The van der Waals surface area contributed by atoms with E-state index in [0.717, 1.165) is 18.8 Å². The lowest BCUT2D eigenvalue weighted by molar-refractivity contribution is 0.111. The van der Waals surface area contributed by atoms with E-state index in [0.29, 0.717) is 6.04 Å². The molecule has 0 spiro atoms. The van der Waals surface area contributed by atoms with Gasteiger partial charge in [0, 0.05) is 38.3 Å². The van der Waals surface area contributed by atoms with E-state index in [1.54, 1.807) is 13.3 Å². The first-order valence-corrected chi connectivity index (χ1v) is 5.22. The zero-order valence-corrected chi connectivity index (χ0v) is 9.16. The molecule has 1 saturated heterocycles. The summed E-state index contributed by atoms with van der Waals surface area (Å²) in [6.07, 6.45) is 3.92. The highest BCUT2D eigenvalue weighted by atomic mass is 16.5. The third-order valence-corrected chi connectivity index (χ3v) is 2.82. The summed E-state index contributed by atoms with van der Waals surface area (Å²) in [5.41, 5.74) is 2.31. The van der Waals surface area contributed by atoms with Crippen molar-refractivity contribution in [3.8, 4) is 0 Å². The van der Waals surface area contributed by atoms with Crippen molar-refractivity contribution in [2.24, 2.45) is 0 Å². The van der Waals surface area contributed by atoms with E-state index < -0.39 is 0 Å². The van der Waals surface area contributed by atoms with E-state index in [2.05, 4.69) is 22.5 Å². The number of nitrogens with zero attached hydrogens (tertiary/aromatic N) is 1. The van der Waals surface area contributed by atoms with Crippen molar-refractivity contribution in [1.29, 1.82) is 0 Å². The molecule has 15 heavy (non-hydrogen) atoms. The van der Waals surface area contributed by atoms with Crippen LogP contribution in [0.5, 0.6) is 0 Å². The highest BCUT2D eigenvalue weighted by Crippen LogP contribution is 2.16. The Balaban J connectivity index is 2.05. The second-order valence-electron chi connectivity index (χ2n) is 3.87. The lowest BCUT2D eigenvalue weighted by Crippen LogP contribution is -2.33. The van der Waals surface area contributed by atoms with Gasteiger partial charge in [-0.05, 0) is 18.6 Å². The Hall–Kier alpha value is -1.13. The molecule has 1 aromatic rings. The second-order valence-corrected chi connectivity index (χ2v) is 3.87. The maximum absolute atomic E-state index is 5.40. The molecule has 0 saturated carbocycles. The maximum atomic E-state index is 5.40. The normalized spacial score (nSPS) is 25.5. The minimum atomic E-state index is 0.248. The fraction of sp³-hybridized carbons (Fsp3) is 0.545. The van der Waals surface area contributed by atoms with Crippen LogP contribution in [0.25, 0.3) is 0 Å². The van der Waals surface area contributed by atoms with Crippen LogP contribution in [-0.2, 0) is 4.74 Å². The summed E-state index contributed by atoms with van der Waals surface area (Å²) in [5, 5.41) is 6.79. The first kappa shape index (κ1) is 10.4. The van der Waals surface area contributed by atoms with E-state index in [4.69, 9.17) is 4.74 Å². The quantitative estimate of drug-likeness (QED) is 0.769. The first-order chi connectivity index (χ1) is 7.31. The molecular formula is C11H17N3O. The number of hydrogen-bond donors (Lipinski definition) is 2. The van der Waals surface area contributed by atoms with Gasteiger partial charge in [0.1, 0.15) is 0 Å². The molecule has 2 heterocycles. The minimum absolute atomic E-state index is 0.248. The Kier molecular flexibility index (Phi) is 3.18. The van der Waals surface area contributed by atoms with Crippen LogP contribution in [0.15, 0.2) is 18.5 Å². The van der Waals surface area contributed by atoms with Crippen molar-refractivity contribution in [1.82, 2.24) is 10.3 Å². The Morgan fingerprint density at radius 2 is 2.40 bits per heavy atom. The SMILES string of the molecule is CO[C@H]1CNCC1Nc1ccncc1C. The number of methoxy groups -OCH3 is 1. The fourth-order valence-electron chi connectivity index (χ4n) is 1.88. The predicted molar refractivity (Wildman–Crippen MR) is 60.1 cm³/mol. The zero-order chi connectivity index (χ0) is 10.7. The highest BCUT2D eigenvalue weighted by Gasteiger charge is 2.26. The van der Waals surface area contributed by atoms with Crippen LogP contribution in [0, 0.1) is 6.92 Å². The molecule has 0 bridgehead atoms. The molecular weight excluding hydrogens is 190 g/mol. The van der Waals surface area contributed by atoms with Crippen LogP contribution in [0.2, 0.25) is 0 Å². The van der Waals surface area contributed by atoms with Crippen LogP contribution in [0.4, 0.5) is 5.69 Å². The molecule has 82 valence electrons. The van der Waals surface area contributed by atoms with E-state index in [1.165, 1.54) is 5.56 Å². The van der Waals surface area contributed by atoms with Crippen LogP contribution in [0.3, 0.4) is 0 Å². The van der Waals surface area contributed by atoms with Crippen LogP contribution in [0.1, 0.15) is 5.56 Å². The topological polar surface area (TPSA) is 46.2 Å². The third kappa shape index (κ3) is 2.27. The van der Waals surface area contributed by atoms with E-state index in [1.807, 2.05) is 12.3 Å². The van der Waals surface area contributed by atoms with Gasteiger partial charge < -0.3 is 15.4 Å². The van der Waals surface area contributed by atoms with Gasteiger partial charge in [-0.2, -0.15) is 0 Å². The number of pyridine rings is 1. The predicted octanol–water partition coefficient (Wildman–Crippen LogP) is 0.789. The smallest absolute Gasteiger partial charge is 0.0908 e. The molecule has 0 radical (unpaired) electrons. The Morgan fingerprint density at radius 1 is 1.53 bits per heavy atom. The van der Waals surface area contributed by atoms with Gasteiger partial charge in [-0.1, -0.05) is 0 Å². The average Bonchev–Trinajstić information content (AvgIpc) is 2.69. The summed E-state index contributed by atoms with van der Waals surface area (Å²) in [4.78, 5) is 4.07. The summed E-state index contributed by atoms with van der Waals surface area (Å²) < 4.78 is 5.40. The van der Waals surface area contributed by atoms with Crippen molar-refractivity contribution in [3.63, 3.8) is 0 Å². The zero-order valence-electron chi connectivity index (χ0n) is 9.16. The second kappa shape index (κ2) is 4.59. The van der Waals surface area contributed by atoms with Gasteiger partial charge in [0.25, 0.3) is 0 Å². The number of nitrogens with one attached hydrogen (secondary N) is 2. The Morgan fingerprint density at radius 3 is 3.13 bits per heavy atom. The van der Waals surface area contributed by atoms with Crippen molar-refractivity contribution < 1.29 is 4.74 Å². The largest absolute Gasteiger partial charge is 0.378 e. The number of aromatic nitrogens is 1. The lowest BCUT2D eigenvalue weighted by atomic mass is 10.2. The summed E-state index contributed by atoms with van der Waals surface area (Å²) in [5.74, 6) is 0. The summed E-state index contributed by atoms with van der Waals surface area (Å²) in [7, 11) is 1.76. The minimum Gasteiger partial charge on any atom is -0.378 e. The molecule has 1 fully saturated rings. The molecule has 4 heteroatoms. The number of anilines is 1. The van der Waals surface area contributed by atoms with E-state index in [9.17, 15) is 0 Å². The van der Waals surface area contributed by atoms with Crippen molar-refractivity contribution in [2.75, 3.05) is 25.5 Å². The van der Waals surface area contributed by atoms with Crippen LogP contribution >= 0.6 is 0 Å². The van der Waals surface area contributed by atoms with Gasteiger partial charge in [0.05, 0.1) is 12.1 Å². The molecule has 2 atom stereocenters. The number of rotatable bonds is 3. The molecule has 0 aliphatic carbocycles. The van der Waals surface area contributed by atoms with Crippen molar-refractivity contribution in [3.05, 3.63) is 24.0 Å². The number of ether oxygens (including phenoxy) is 1. The highest BCUT2D eigenvalue weighted by molar-refractivity contribution is 5.49. The van der Waals surface area contributed by atoms with Gasteiger partial charge in [-0.3, -0.25) is 4.98 Å². The molecule has 0 aromatic carbocycles. The fourth-order valence-corrected chi connectivity index (χ4v) is 1.88. The maximum Gasteiger partial charge on any atom is 0.0908 e. The van der Waals surface area contributed by atoms with Gasteiger partial charge in [0.2, 0.25) is 0 Å². The van der Waals surface area contributed by atoms with Gasteiger partial charge in [-0.15, -0.1) is 0 Å². The molecule has 4 nitrogen and oxygen atoms in total. The molecule has 1 aromatic heterocycles. The summed E-state index contributed by atoms with van der Waals surface area (Å²) >= 11 is 0. The average molecular weight is 207 g/mol. The van der Waals surface area contributed by atoms with Crippen molar-refractivity contribution in [2.45, 2.75) is 19.1 Å². The number of aryl methyl sites for hydroxylation is 1. The van der Waals surface area contributed by atoms with E-state index >= 15 is 0 Å². The number of hydrogen-bond acceptors (Lipinski definition) is 4. The molecule has 1 unspecified atom stereocenters. The van der Waals surface area contributed by atoms with Gasteiger partial charge in [-0.25, -0.2) is 0 Å². The molecule has 1 aliphatic heterocycles. The standard InChI is InChI=1S/C11H17N3O/c1-8-5-12-4-3-9(8)14-10-6-13-7-11(10)15-2/h3-5,10-11,13H,6-7H2,1-2H3,(H,12,14)/t10?,11-/m0/s1. The van der Waals surface area contributed by atoms with Gasteiger partial charge in [0.15, 0.2) is 0 Å². The third-order valence-electron chi connectivity index (χ3n) is 2.82. The Labute approximate surface area is 90.0 Å². The Bertz CT molecular complexity index is 329. The monoisotopic (exact) mass is 207 g/mol. The molecule has 1 aliphatic rings. The molecule has 0 amide bonds. The summed E-state index contributed by atoms with van der Waals surface area (Å²) in [6.45, 7) is 3.91. The van der Waals surface area contributed by atoms with Crippen LogP contribution in [-0.4, -0.2) is 37.3 Å². The van der Waals surface area contributed by atoms with Gasteiger partial charge >= 0.3 is 0 Å². The summed E-state index contributed by atoms with van der Waals surface area (Å²) in [6, 6.07) is 2.34. The molecule has 2 rings (SSSR count).